The van der Waals surface area contributed by atoms with Gasteiger partial charge in [-0.1, -0.05) is 0 Å². The number of ether oxygens (including phenoxy) is 2. The molecule has 1 heterocycles. The second-order valence-corrected chi connectivity index (χ2v) is 7.29. The Balaban J connectivity index is 1.86. The first-order chi connectivity index (χ1) is 13.3. The molecule has 10 heteroatoms. The van der Waals surface area contributed by atoms with Crippen LogP contribution in [0, 0.1) is 0 Å². The Morgan fingerprint density at radius 2 is 1.46 bits per heavy atom. The van der Waals surface area contributed by atoms with E-state index in [0.717, 1.165) is 12.1 Å². The van der Waals surface area contributed by atoms with Gasteiger partial charge in [0.2, 0.25) is 11.8 Å². The number of nitrogens with one attached hydrogen (secondary N) is 1. The van der Waals surface area contributed by atoms with Crippen LogP contribution >= 0.6 is 0 Å². The fraction of sp³-hybridized carbons (Fsp3) is 0.111. The zero-order valence-corrected chi connectivity index (χ0v) is 15.8. The number of aromatic nitrogens is 2. The lowest BCUT2D eigenvalue weighted by Gasteiger charge is -2.10. The van der Waals surface area contributed by atoms with Crippen LogP contribution in [0.1, 0.15) is 0 Å². The topological polar surface area (TPSA) is 131 Å². The third kappa shape index (κ3) is 4.07. The number of methoxy groups -OCH3 is 2. The fourth-order valence-corrected chi connectivity index (χ4v) is 3.39. The molecule has 28 heavy (non-hydrogen) atoms. The van der Waals surface area contributed by atoms with Gasteiger partial charge in [0.05, 0.1) is 25.2 Å². The van der Waals surface area contributed by atoms with Gasteiger partial charge in [0.25, 0.3) is 10.0 Å². The van der Waals surface area contributed by atoms with Gasteiger partial charge in [-0.3, -0.25) is 4.72 Å². The summed E-state index contributed by atoms with van der Waals surface area (Å²) in [5.74, 6) is 0.0889. The second kappa shape index (κ2) is 7.61. The molecule has 0 radical (unpaired) electrons. The highest BCUT2D eigenvalue weighted by Crippen LogP contribution is 2.29. The fourth-order valence-electron chi connectivity index (χ4n) is 2.31. The number of phenols is 2. The van der Waals surface area contributed by atoms with Crippen LogP contribution in [0.15, 0.2) is 53.4 Å². The van der Waals surface area contributed by atoms with Crippen LogP contribution < -0.4 is 14.2 Å². The number of hydrogen-bond donors (Lipinski definition) is 3. The van der Waals surface area contributed by atoms with E-state index in [-0.39, 0.29) is 4.90 Å². The predicted molar refractivity (Wildman–Crippen MR) is 101 cm³/mol. The van der Waals surface area contributed by atoms with Gasteiger partial charge in [0.15, 0.2) is 17.3 Å². The van der Waals surface area contributed by atoms with Gasteiger partial charge in [0, 0.05) is 17.3 Å². The quantitative estimate of drug-likeness (QED) is 0.535. The van der Waals surface area contributed by atoms with Crippen molar-refractivity contribution in [2.24, 2.45) is 0 Å². The van der Waals surface area contributed by atoms with Crippen molar-refractivity contribution in [1.82, 2.24) is 9.97 Å². The number of sulfonamides is 1. The van der Waals surface area contributed by atoms with Gasteiger partial charge in [-0.25, -0.2) is 8.42 Å². The summed E-state index contributed by atoms with van der Waals surface area (Å²) in [6.45, 7) is 0. The predicted octanol–water partition coefficient (Wildman–Crippen LogP) is 2.37. The van der Waals surface area contributed by atoms with Crippen LogP contribution in [0.2, 0.25) is 0 Å². The lowest BCUT2D eigenvalue weighted by molar-refractivity contribution is 0.372. The Labute approximate surface area is 161 Å². The van der Waals surface area contributed by atoms with E-state index in [1.54, 1.807) is 30.3 Å². The number of rotatable bonds is 6. The molecule has 0 spiro atoms. The maximum absolute atomic E-state index is 12.4. The van der Waals surface area contributed by atoms with E-state index in [4.69, 9.17) is 9.47 Å². The van der Waals surface area contributed by atoms with Gasteiger partial charge < -0.3 is 19.7 Å². The molecule has 2 aromatic carbocycles. The summed E-state index contributed by atoms with van der Waals surface area (Å²) in [6, 6.07) is 11.1. The first-order valence-corrected chi connectivity index (χ1v) is 9.43. The molecule has 1 aromatic heterocycles. The highest BCUT2D eigenvalue weighted by molar-refractivity contribution is 7.92. The van der Waals surface area contributed by atoms with Crippen LogP contribution in [0.3, 0.4) is 0 Å². The van der Waals surface area contributed by atoms with Crippen molar-refractivity contribution in [2.75, 3.05) is 18.9 Å². The molecule has 0 bridgehead atoms. The minimum atomic E-state index is -3.94. The van der Waals surface area contributed by atoms with E-state index in [1.807, 2.05) is 0 Å². The van der Waals surface area contributed by atoms with E-state index < -0.39 is 21.5 Å². The standard InChI is InChI=1S/C18H17N3O6S/c1-26-16-10-17(27-2)20-18(19-16)11-3-5-12(6-4-11)21-28(24,25)13-7-8-14(22)15(23)9-13/h3-10,21-23H,1-2H3. The Kier molecular flexibility index (Phi) is 5.23. The smallest absolute Gasteiger partial charge is 0.262 e. The molecule has 9 nitrogen and oxygen atoms in total. The van der Waals surface area contributed by atoms with Crippen molar-refractivity contribution in [1.29, 1.82) is 0 Å². The zero-order chi connectivity index (χ0) is 20.3. The molecule has 0 aliphatic carbocycles. The lowest BCUT2D eigenvalue weighted by atomic mass is 10.2. The average Bonchev–Trinajstić information content (AvgIpc) is 2.69. The van der Waals surface area contributed by atoms with Crippen molar-refractivity contribution in [3.8, 4) is 34.6 Å². The molecule has 0 aliphatic rings. The molecule has 0 unspecified atom stereocenters. The van der Waals surface area contributed by atoms with Crippen molar-refractivity contribution < 1.29 is 28.1 Å². The minimum absolute atomic E-state index is 0.187. The van der Waals surface area contributed by atoms with Crippen molar-refractivity contribution in [3.05, 3.63) is 48.5 Å². The molecule has 0 aliphatic heterocycles. The van der Waals surface area contributed by atoms with E-state index in [1.165, 1.54) is 20.3 Å². The molecular formula is C18H17N3O6S. The molecule has 0 saturated heterocycles. The molecular weight excluding hydrogens is 386 g/mol. The summed E-state index contributed by atoms with van der Waals surface area (Å²) >= 11 is 0. The van der Waals surface area contributed by atoms with Crippen molar-refractivity contribution in [2.45, 2.75) is 4.90 Å². The average molecular weight is 403 g/mol. The highest BCUT2D eigenvalue weighted by atomic mass is 32.2. The largest absolute Gasteiger partial charge is 0.504 e. The van der Waals surface area contributed by atoms with E-state index >= 15 is 0 Å². The van der Waals surface area contributed by atoms with Crippen LogP contribution in [-0.4, -0.2) is 42.8 Å². The van der Waals surface area contributed by atoms with Crippen molar-refractivity contribution in [3.63, 3.8) is 0 Å². The molecule has 0 amide bonds. The van der Waals surface area contributed by atoms with Crippen LogP contribution in [0.4, 0.5) is 5.69 Å². The first-order valence-electron chi connectivity index (χ1n) is 7.94. The van der Waals surface area contributed by atoms with Gasteiger partial charge >= 0.3 is 0 Å². The summed E-state index contributed by atoms with van der Waals surface area (Å²) in [5, 5.41) is 18.8. The lowest BCUT2D eigenvalue weighted by Crippen LogP contribution is -2.12. The van der Waals surface area contributed by atoms with E-state index in [2.05, 4.69) is 14.7 Å². The molecule has 3 rings (SSSR count). The van der Waals surface area contributed by atoms with E-state index in [0.29, 0.717) is 28.8 Å². The summed E-state index contributed by atoms with van der Waals surface area (Å²) < 4.78 is 37.5. The van der Waals surface area contributed by atoms with E-state index in [9.17, 15) is 18.6 Å². The summed E-state index contributed by atoms with van der Waals surface area (Å²) in [4.78, 5) is 8.29. The molecule has 146 valence electrons. The Hall–Kier alpha value is -3.53. The number of anilines is 1. The molecule has 0 fully saturated rings. The molecule has 0 atom stereocenters. The van der Waals surface area contributed by atoms with Gasteiger partial charge in [-0.15, -0.1) is 0 Å². The molecule has 3 N–H and O–H groups in total. The number of hydrogen-bond acceptors (Lipinski definition) is 8. The molecule has 3 aromatic rings. The summed E-state index contributed by atoms with van der Waals surface area (Å²) in [6.07, 6.45) is 0. The van der Waals surface area contributed by atoms with Crippen LogP contribution in [-0.2, 0) is 10.0 Å². The molecule has 0 saturated carbocycles. The number of phenolic OH excluding ortho intramolecular Hbond substituents is 2. The highest BCUT2D eigenvalue weighted by Gasteiger charge is 2.16. The Morgan fingerprint density at radius 3 is 2.00 bits per heavy atom. The third-order valence-electron chi connectivity index (χ3n) is 3.75. The maximum atomic E-state index is 12.4. The number of aromatic hydroxyl groups is 2. The Bertz CT molecular complexity index is 1080. The van der Waals surface area contributed by atoms with Crippen LogP contribution in [0.5, 0.6) is 23.3 Å². The van der Waals surface area contributed by atoms with Crippen LogP contribution in [0.25, 0.3) is 11.4 Å². The summed E-state index contributed by atoms with van der Waals surface area (Å²) in [7, 11) is -0.990. The number of benzene rings is 2. The normalized spacial score (nSPS) is 11.1. The van der Waals surface area contributed by atoms with Gasteiger partial charge in [-0.05, 0) is 36.4 Å². The maximum Gasteiger partial charge on any atom is 0.262 e. The van der Waals surface area contributed by atoms with Gasteiger partial charge in [0.1, 0.15) is 0 Å². The number of nitrogens with zero attached hydrogens (tertiary/aromatic N) is 2. The van der Waals surface area contributed by atoms with Crippen molar-refractivity contribution >= 4 is 15.7 Å². The van der Waals surface area contributed by atoms with Gasteiger partial charge in [-0.2, -0.15) is 9.97 Å². The summed E-state index contributed by atoms with van der Waals surface area (Å²) in [5.41, 5.74) is 0.925. The zero-order valence-electron chi connectivity index (χ0n) is 14.9. The third-order valence-corrected chi connectivity index (χ3v) is 5.13. The Morgan fingerprint density at radius 1 is 0.857 bits per heavy atom. The SMILES string of the molecule is COc1cc(OC)nc(-c2ccc(NS(=O)(=O)c3ccc(O)c(O)c3)cc2)n1. The second-order valence-electron chi connectivity index (χ2n) is 5.61. The monoisotopic (exact) mass is 403 g/mol. The first kappa shape index (κ1) is 19.2. The minimum Gasteiger partial charge on any atom is -0.504 e.